The number of pyridine rings is 1. The van der Waals surface area contributed by atoms with Crippen molar-refractivity contribution in [2.24, 2.45) is 14.1 Å². The first-order chi connectivity index (χ1) is 20.4. The summed E-state index contributed by atoms with van der Waals surface area (Å²) in [7, 11) is 4.04. The molecule has 0 unspecified atom stereocenters. The van der Waals surface area contributed by atoms with Gasteiger partial charge in [0, 0.05) is 49.6 Å². The van der Waals surface area contributed by atoms with Crippen molar-refractivity contribution < 1.29 is 4.42 Å². The van der Waals surface area contributed by atoms with E-state index in [1.165, 1.54) is 16.2 Å². The number of hydrogen-bond acceptors (Lipinski definition) is 7. The minimum Gasteiger partial charge on any atom is -0.435 e. The molecule has 0 fully saturated rings. The highest BCUT2D eigenvalue weighted by Crippen LogP contribution is 2.31. The van der Waals surface area contributed by atoms with Crippen molar-refractivity contribution in [3.63, 3.8) is 0 Å². The van der Waals surface area contributed by atoms with Gasteiger partial charge in [-0.3, -0.25) is 9.67 Å². The van der Waals surface area contributed by atoms with Gasteiger partial charge in [0.2, 0.25) is 5.89 Å². The van der Waals surface area contributed by atoms with E-state index in [2.05, 4.69) is 64.1 Å². The second-order valence-corrected chi connectivity index (χ2v) is 12.4. The Morgan fingerprint density at radius 3 is 2.51 bits per heavy atom. The second kappa shape index (κ2) is 12.1. The minimum atomic E-state index is 0. The van der Waals surface area contributed by atoms with Crippen molar-refractivity contribution in [3.05, 3.63) is 77.2 Å². The van der Waals surface area contributed by atoms with Crippen LogP contribution in [0.2, 0.25) is 0 Å². The van der Waals surface area contributed by atoms with Gasteiger partial charge in [0.1, 0.15) is 17.0 Å². The van der Waals surface area contributed by atoms with Gasteiger partial charge < -0.3 is 13.9 Å². The Kier molecular flexibility index (Phi) is 8.31. The van der Waals surface area contributed by atoms with Crippen molar-refractivity contribution in [1.82, 2.24) is 34.2 Å². The normalized spacial score (nSPS) is 13.8. The number of rotatable bonds is 7. The van der Waals surface area contributed by atoms with Crippen LogP contribution in [0.1, 0.15) is 28.9 Å². The molecule has 1 aliphatic rings. The van der Waals surface area contributed by atoms with Crippen LogP contribution in [0.15, 0.2) is 64.2 Å². The number of fused-ring (bicyclic) bond motifs is 3. The maximum Gasteiger partial charge on any atom is 0.245 e. The first kappa shape index (κ1) is 29.4. The third kappa shape index (κ3) is 5.81. The van der Waals surface area contributed by atoms with Crippen molar-refractivity contribution in [2.45, 2.75) is 38.1 Å². The van der Waals surface area contributed by atoms with Crippen LogP contribution in [-0.2, 0) is 26.9 Å². The molecular weight excluding hydrogens is 578 g/mol. The highest BCUT2D eigenvalue weighted by molar-refractivity contribution is 7.99. The van der Waals surface area contributed by atoms with Crippen LogP contribution < -0.4 is 0 Å². The van der Waals surface area contributed by atoms with Gasteiger partial charge in [-0.15, -0.1) is 24.2 Å². The van der Waals surface area contributed by atoms with Gasteiger partial charge in [0.05, 0.1) is 22.4 Å². The molecule has 5 heterocycles. The molecule has 0 amide bonds. The van der Waals surface area contributed by atoms with E-state index in [1.807, 2.05) is 49.6 Å². The number of imidazole rings is 1. The number of aromatic nitrogens is 6. The van der Waals surface area contributed by atoms with Crippen molar-refractivity contribution in [3.8, 4) is 23.0 Å². The summed E-state index contributed by atoms with van der Waals surface area (Å²) in [6.07, 6.45) is 5.21. The van der Waals surface area contributed by atoms with Crippen LogP contribution in [0.4, 0.5) is 0 Å². The lowest BCUT2D eigenvalue weighted by Crippen LogP contribution is -2.27. The monoisotopic (exact) mass is 613 g/mol. The predicted molar refractivity (Wildman–Crippen MR) is 176 cm³/mol. The molecule has 43 heavy (non-hydrogen) atoms. The molecule has 10 heteroatoms. The van der Waals surface area contributed by atoms with Gasteiger partial charge in [0.25, 0.3) is 0 Å². The van der Waals surface area contributed by atoms with Crippen LogP contribution in [0, 0.1) is 13.8 Å². The van der Waals surface area contributed by atoms with E-state index in [9.17, 15) is 0 Å². The number of thioether (sulfide) groups is 1. The fraction of sp³-hybridized carbons (Fsp3) is 0.333. The Bertz CT molecular complexity index is 1880. The summed E-state index contributed by atoms with van der Waals surface area (Å²) in [4.78, 5) is 16.9. The molecule has 7 rings (SSSR count). The zero-order valence-corrected chi connectivity index (χ0v) is 26.6. The Hall–Kier alpha value is -3.66. The molecule has 0 saturated heterocycles. The molecule has 222 valence electrons. The molecule has 0 bridgehead atoms. The van der Waals surface area contributed by atoms with Crippen LogP contribution in [0.25, 0.3) is 45.0 Å². The standard InChI is InChI=1S/C33H35N7OS.ClH/c1-21-9-10-25-26(7-5-8-27(25)35-21)32-34-20-31(38(32)3)42-16-6-13-40-14-11-23-18-28-30(19-24(23)12-15-40)41-33(36-28)29-17-22(2)37-39(29)4;/h5,7-10,17-20H,6,11-16H2,1-4H3;1H. The second-order valence-electron chi connectivity index (χ2n) is 11.2. The average Bonchev–Trinajstić information content (AvgIpc) is 3.61. The summed E-state index contributed by atoms with van der Waals surface area (Å²) in [5, 5.41) is 6.77. The largest absolute Gasteiger partial charge is 0.435 e. The van der Waals surface area contributed by atoms with Crippen LogP contribution in [-0.4, -0.2) is 59.6 Å². The molecule has 0 spiro atoms. The van der Waals surface area contributed by atoms with Gasteiger partial charge in [-0.2, -0.15) is 5.10 Å². The van der Waals surface area contributed by atoms with Gasteiger partial charge in [0.15, 0.2) is 5.58 Å². The lowest BCUT2D eigenvalue weighted by atomic mass is 10.0. The summed E-state index contributed by atoms with van der Waals surface area (Å²) >= 11 is 1.89. The average molecular weight is 614 g/mol. The lowest BCUT2D eigenvalue weighted by molar-refractivity contribution is 0.289. The SMILES string of the molecule is Cc1ccc2c(-c3ncc(SCCCN4CCc5cc6nc(-c7cc(C)nn7C)oc6cc5CC4)n3C)cccc2n1.Cl. The van der Waals surface area contributed by atoms with Gasteiger partial charge >= 0.3 is 0 Å². The van der Waals surface area contributed by atoms with Crippen molar-refractivity contribution >= 4 is 46.2 Å². The lowest BCUT2D eigenvalue weighted by Gasteiger charge is -2.19. The quantitative estimate of drug-likeness (QED) is 0.145. The smallest absolute Gasteiger partial charge is 0.245 e. The molecule has 2 aromatic carbocycles. The number of aryl methyl sites for hydroxylation is 3. The number of nitrogens with zero attached hydrogens (tertiary/aromatic N) is 7. The van der Waals surface area contributed by atoms with Gasteiger partial charge in [-0.05, 0) is 81.1 Å². The van der Waals surface area contributed by atoms with Gasteiger partial charge in [-0.25, -0.2) is 9.97 Å². The fourth-order valence-electron chi connectivity index (χ4n) is 6.03. The first-order valence-corrected chi connectivity index (χ1v) is 15.6. The molecule has 0 saturated carbocycles. The number of hydrogen-bond donors (Lipinski definition) is 0. The minimum absolute atomic E-state index is 0. The fourth-order valence-corrected chi connectivity index (χ4v) is 6.92. The summed E-state index contributed by atoms with van der Waals surface area (Å²) in [5.41, 5.74) is 9.60. The van der Waals surface area contributed by atoms with Crippen molar-refractivity contribution in [1.29, 1.82) is 0 Å². The van der Waals surface area contributed by atoms with E-state index < -0.39 is 0 Å². The van der Waals surface area contributed by atoms with E-state index in [0.29, 0.717) is 5.89 Å². The summed E-state index contributed by atoms with van der Waals surface area (Å²) in [6, 6.07) is 17.0. The first-order valence-electron chi connectivity index (χ1n) is 14.6. The molecule has 0 N–H and O–H groups in total. The predicted octanol–water partition coefficient (Wildman–Crippen LogP) is 6.80. The molecule has 4 aromatic heterocycles. The van der Waals surface area contributed by atoms with Gasteiger partial charge in [-0.1, -0.05) is 18.2 Å². The third-order valence-electron chi connectivity index (χ3n) is 8.25. The molecule has 8 nitrogen and oxygen atoms in total. The molecule has 6 aromatic rings. The maximum absolute atomic E-state index is 6.17. The Morgan fingerprint density at radius 1 is 0.907 bits per heavy atom. The highest BCUT2D eigenvalue weighted by atomic mass is 35.5. The zero-order chi connectivity index (χ0) is 28.8. The van der Waals surface area contributed by atoms with Crippen LogP contribution in [0.3, 0.4) is 0 Å². The molecule has 1 aliphatic heterocycles. The van der Waals surface area contributed by atoms with E-state index in [-0.39, 0.29) is 12.4 Å². The van der Waals surface area contributed by atoms with E-state index in [1.54, 1.807) is 0 Å². The topological polar surface area (TPSA) is 77.8 Å². The van der Waals surface area contributed by atoms with Crippen LogP contribution in [0.5, 0.6) is 0 Å². The highest BCUT2D eigenvalue weighted by Gasteiger charge is 2.19. The van der Waals surface area contributed by atoms with E-state index >= 15 is 0 Å². The van der Waals surface area contributed by atoms with Crippen molar-refractivity contribution in [2.75, 3.05) is 25.4 Å². The summed E-state index contributed by atoms with van der Waals surface area (Å²) < 4.78 is 10.2. The molecule has 0 atom stereocenters. The number of benzene rings is 2. The molecular formula is C33H36ClN7OS. The number of oxazole rings is 1. The molecule has 0 aliphatic carbocycles. The zero-order valence-electron chi connectivity index (χ0n) is 25.0. The Morgan fingerprint density at radius 2 is 1.72 bits per heavy atom. The van der Waals surface area contributed by atoms with Crippen LogP contribution >= 0.6 is 24.2 Å². The maximum atomic E-state index is 6.17. The van der Waals surface area contributed by atoms with E-state index in [4.69, 9.17) is 19.4 Å². The molecule has 0 radical (unpaired) electrons. The Labute approximate surface area is 261 Å². The van der Waals surface area contributed by atoms with E-state index in [0.717, 1.165) is 95.1 Å². The Balaban J connectivity index is 0.00000329. The summed E-state index contributed by atoms with van der Waals surface area (Å²) in [5.74, 6) is 2.69. The third-order valence-corrected chi connectivity index (χ3v) is 9.42. The number of halogens is 1. The summed E-state index contributed by atoms with van der Waals surface area (Å²) in [6.45, 7) is 7.24.